The van der Waals surface area contributed by atoms with Gasteiger partial charge in [0.2, 0.25) is 0 Å². The lowest BCUT2D eigenvalue weighted by atomic mass is 9.83. The number of hydrogen-bond acceptors (Lipinski definition) is 2. The predicted octanol–water partition coefficient (Wildman–Crippen LogP) is 5.25. The van der Waals surface area contributed by atoms with Crippen molar-refractivity contribution in [2.24, 2.45) is 5.92 Å². The van der Waals surface area contributed by atoms with Gasteiger partial charge in [0.1, 0.15) is 5.78 Å². The van der Waals surface area contributed by atoms with E-state index < -0.39 is 0 Å². The lowest BCUT2D eigenvalue weighted by molar-refractivity contribution is -0.125. The first-order chi connectivity index (χ1) is 12.3. The van der Waals surface area contributed by atoms with Crippen LogP contribution in [0.1, 0.15) is 56.7 Å². The smallest absolute Gasteiger partial charge is 0.137 e. The quantitative estimate of drug-likeness (QED) is 0.764. The van der Waals surface area contributed by atoms with Crippen LogP contribution in [0, 0.1) is 5.92 Å². The highest BCUT2D eigenvalue weighted by Gasteiger charge is 2.43. The van der Waals surface area contributed by atoms with Gasteiger partial charge in [-0.2, -0.15) is 0 Å². The SMILES string of the molecule is CC.O=C1CCCC2[C@H]1CCN2C(c1ccccc1)c1ccccc1. The van der Waals surface area contributed by atoms with Gasteiger partial charge >= 0.3 is 0 Å². The number of benzene rings is 2. The molecule has 2 aromatic carbocycles. The number of nitrogens with zero attached hydrogens (tertiary/aromatic N) is 1. The minimum absolute atomic E-state index is 0.262. The van der Waals surface area contributed by atoms with Crippen LogP contribution < -0.4 is 0 Å². The third-order valence-corrected chi connectivity index (χ3v) is 5.49. The van der Waals surface area contributed by atoms with Crippen LogP contribution in [-0.4, -0.2) is 23.3 Å². The number of hydrogen-bond donors (Lipinski definition) is 0. The first kappa shape index (κ1) is 17.9. The van der Waals surface area contributed by atoms with E-state index in [1.54, 1.807) is 0 Å². The number of rotatable bonds is 3. The average Bonchev–Trinajstić information content (AvgIpc) is 3.11. The summed E-state index contributed by atoms with van der Waals surface area (Å²) in [6, 6.07) is 22.2. The number of Topliss-reactive ketones (excluding diaryl/α,β-unsaturated/α-hetero) is 1. The van der Waals surface area contributed by atoms with Crippen LogP contribution in [0.3, 0.4) is 0 Å². The van der Waals surface area contributed by atoms with Gasteiger partial charge in [-0.05, 0) is 30.4 Å². The van der Waals surface area contributed by atoms with Gasteiger partial charge in [0.25, 0.3) is 0 Å². The molecule has 0 radical (unpaired) electrons. The first-order valence-electron chi connectivity index (χ1n) is 9.73. The molecule has 2 heteroatoms. The molecule has 1 saturated heterocycles. The maximum absolute atomic E-state index is 12.3. The molecule has 1 unspecified atom stereocenters. The molecule has 2 atom stereocenters. The Morgan fingerprint density at radius 2 is 1.44 bits per heavy atom. The Bertz CT molecular complexity index is 628. The van der Waals surface area contributed by atoms with Crippen LogP contribution in [0.2, 0.25) is 0 Å². The molecule has 1 heterocycles. The monoisotopic (exact) mass is 335 g/mol. The van der Waals surface area contributed by atoms with E-state index in [1.807, 2.05) is 13.8 Å². The highest BCUT2D eigenvalue weighted by molar-refractivity contribution is 5.82. The number of ketones is 1. The Labute approximate surface area is 151 Å². The number of fused-ring (bicyclic) bond motifs is 1. The predicted molar refractivity (Wildman–Crippen MR) is 104 cm³/mol. The van der Waals surface area contributed by atoms with Gasteiger partial charge in [0.15, 0.2) is 0 Å². The van der Waals surface area contributed by atoms with Crippen LogP contribution in [0.15, 0.2) is 60.7 Å². The van der Waals surface area contributed by atoms with E-state index in [4.69, 9.17) is 0 Å². The molecule has 2 aromatic rings. The van der Waals surface area contributed by atoms with Gasteiger partial charge in [0, 0.05) is 24.9 Å². The molecule has 4 rings (SSSR count). The van der Waals surface area contributed by atoms with Crippen LogP contribution in [0.5, 0.6) is 0 Å². The third-order valence-electron chi connectivity index (χ3n) is 5.49. The minimum Gasteiger partial charge on any atom is -0.299 e. The molecule has 0 amide bonds. The topological polar surface area (TPSA) is 20.3 Å². The maximum atomic E-state index is 12.3. The molecule has 0 bridgehead atoms. The molecule has 1 aliphatic carbocycles. The summed E-state index contributed by atoms with van der Waals surface area (Å²) >= 11 is 0. The van der Waals surface area contributed by atoms with Crippen LogP contribution in [0.25, 0.3) is 0 Å². The van der Waals surface area contributed by atoms with Crippen molar-refractivity contribution in [3.8, 4) is 0 Å². The van der Waals surface area contributed by atoms with Crippen LogP contribution >= 0.6 is 0 Å². The van der Waals surface area contributed by atoms with Crippen LogP contribution in [-0.2, 0) is 4.79 Å². The van der Waals surface area contributed by atoms with Gasteiger partial charge < -0.3 is 0 Å². The van der Waals surface area contributed by atoms with Crippen molar-refractivity contribution in [2.75, 3.05) is 6.54 Å². The zero-order valence-electron chi connectivity index (χ0n) is 15.4. The van der Waals surface area contributed by atoms with E-state index in [0.29, 0.717) is 11.8 Å². The Morgan fingerprint density at radius 3 is 2.00 bits per heavy atom. The summed E-state index contributed by atoms with van der Waals surface area (Å²) < 4.78 is 0. The fourth-order valence-electron chi connectivity index (χ4n) is 4.46. The molecule has 1 aliphatic heterocycles. The fraction of sp³-hybridized carbons (Fsp3) is 0.435. The Morgan fingerprint density at radius 1 is 0.880 bits per heavy atom. The second-order valence-corrected chi connectivity index (χ2v) is 6.78. The van der Waals surface area contributed by atoms with Gasteiger partial charge in [-0.3, -0.25) is 9.69 Å². The van der Waals surface area contributed by atoms with Crippen molar-refractivity contribution >= 4 is 5.78 Å². The minimum atomic E-state index is 0.262. The van der Waals surface area contributed by atoms with E-state index in [2.05, 4.69) is 65.6 Å². The molecule has 0 aromatic heterocycles. The van der Waals surface area contributed by atoms with E-state index in [9.17, 15) is 4.79 Å². The lowest BCUT2D eigenvalue weighted by Crippen LogP contribution is -2.40. The van der Waals surface area contributed by atoms with Gasteiger partial charge in [-0.15, -0.1) is 0 Å². The number of carbonyl (C=O) groups is 1. The molecule has 2 fully saturated rings. The van der Waals surface area contributed by atoms with Crippen molar-refractivity contribution in [3.63, 3.8) is 0 Å². The Hall–Kier alpha value is -1.93. The van der Waals surface area contributed by atoms with E-state index in [1.165, 1.54) is 11.1 Å². The summed E-state index contributed by atoms with van der Waals surface area (Å²) in [6.07, 6.45) is 4.02. The van der Waals surface area contributed by atoms with Crippen molar-refractivity contribution in [1.82, 2.24) is 4.90 Å². The summed E-state index contributed by atoms with van der Waals surface area (Å²) in [5.74, 6) is 0.752. The summed E-state index contributed by atoms with van der Waals surface area (Å²) in [5, 5.41) is 0. The molecule has 132 valence electrons. The summed E-state index contributed by atoms with van der Waals surface area (Å²) in [4.78, 5) is 14.9. The van der Waals surface area contributed by atoms with Crippen molar-refractivity contribution < 1.29 is 4.79 Å². The van der Waals surface area contributed by atoms with Gasteiger partial charge in [0.05, 0.1) is 6.04 Å². The van der Waals surface area contributed by atoms with Gasteiger partial charge in [-0.1, -0.05) is 74.5 Å². The number of likely N-dealkylation sites (tertiary alicyclic amines) is 1. The molecule has 0 spiro atoms. The maximum Gasteiger partial charge on any atom is 0.137 e. The van der Waals surface area contributed by atoms with Crippen molar-refractivity contribution in [2.45, 2.75) is 51.6 Å². The first-order valence-corrected chi connectivity index (χ1v) is 9.73. The highest BCUT2D eigenvalue weighted by atomic mass is 16.1. The molecular weight excluding hydrogens is 306 g/mol. The fourth-order valence-corrected chi connectivity index (χ4v) is 4.46. The molecule has 25 heavy (non-hydrogen) atoms. The molecule has 2 aliphatic rings. The third kappa shape index (κ3) is 3.69. The van der Waals surface area contributed by atoms with E-state index in [-0.39, 0.29) is 12.0 Å². The second-order valence-electron chi connectivity index (χ2n) is 6.78. The standard InChI is InChI=1S/C21H23NO.C2H6/c23-20-13-7-12-19-18(20)14-15-22(19)21(16-8-3-1-4-9-16)17-10-5-2-6-11-17;1-2/h1-6,8-11,18-19,21H,7,12-15H2;1-2H3/t18-,19?;/m1./s1. The average molecular weight is 335 g/mol. The summed E-state index contributed by atoms with van der Waals surface area (Å²) in [7, 11) is 0. The largest absolute Gasteiger partial charge is 0.299 e. The number of carbonyl (C=O) groups excluding carboxylic acids is 1. The molecule has 1 saturated carbocycles. The lowest BCUT2D eigenvalue weighted by Gasteiger charge is -2.37. The summed E-state index contributed by atoms with van der Waals surface area (Å²) in [6.45, 7) is 5.02. The van der Waals surface area contributed by atoms with Gasteiger partial charge in [-0.25, -0.2) is 0 Å². The molecular formula is C23H29NO. The van der Waals surface area contributed by atoms with Crippen LogP contribution in [0.4, 0.5) is 0 Å². The highest BCUT2D eigenvalue weighted by Crippen LogP contribution is 2.41. The molecule has 0 N–H and O–H groups in total. The Kier molecular flexibility index (Phi) is 6.04. The van der Waals surface area contributed by atoms with Crippen molar-refractivity contribution in [3.05, 3.63) is 71.8 Å². The second kappa shape index (κ2) is 8.44. The zero-order chi connectivity index (χ0) is 17.6. The summed E-state index contributed by atoms with van der Waals surface area (Å²) in [5.41, 5.74) is 2.66. The molecule has 2 nitrogen and oxygen atoms in total. The van der Waals surface area contributed by atoms with E-state index in [0.717, 1.165) is 32.2 Å². The zero-order valence-corrected chi connectivity index (χ0v) is 15.4. The van der Waals surface area contributed by atoms with Crippen molar-refractivity contribution in [1.29, 1.82) is 0 Å². The normalized spacial score (nSPS) is 23.1. The van der Waals surface area contributed by atoms with E-state index >= 15 is 0 Å². The Balaban J connectivity index is 0.000000880.